The molecule has 0 unspecified atom stereocenters. The Kier molecular flexibility index (Phi) is 6.99. The predicted octanol–water partition coefficient (Wildman–Crippen LogP) is 2.54. The molecule has 134 valence electrons. The van der Waals surface area contributed by atoms with Gasteiger partial charge in [-0.2, -0.15) is 13.2 Å². The number of halogens is 4. The molecule has 0 fully saturated rings. The quantitative estimate of drug-likeness (QED) is 0.691. The highest BCUT2D eigenvalue weighted by atomic mass is 19.4. The SMILES string of the molecule is C[C@H](NC(=O)N[C@H](C)c1ccc(C(F)(F)F)cc1)C(=O)NCCF. The van der Waals surface area contributed by atoms with Crippen molar-refractivity contribution in [3.05, 3.63) is 35.4 Å². The second kappa shape index (κ2) is 8.51. The van der Waals surface area contributed by atoms with Crippen molar-refractivity contribution < 1.29 is 27.2 Å². The average molecular weight is 349 g/mol. The first-order valence-corrected chi connectivity index (χ1v) is 7.23. The summed E-state index contributed by atoms with van der Waals surface area (Å²) in [6.07, 6.45) is -4.42. The van der Waals surface area contributed by atoms with Gasteiger partial charge in [0.15, 0.2) is 0 Å². The minimum atomic E-state index is -4.42. The van der Waals surface area contributed by atoms with E-state index in [1.54, 1.807) is 6.92 Å². The highest BCUT2D eigenvalue weighted by molar-refractivity contribution is 5.86. The number of carbonyl (C=O) groups excluding carboxylic acids is 2. The summed E-state index contributed by atoms with van der Waals surface area (Å²) in [5, 5.41) is 7.15. The summed E-state index contributed by atoms with van der Waals surface area (Å²) in [6.45, 7) is 2.16. The number of urea groups is 1. The molecule has 1 aromatic carbocycles. The van der Waals surface area contributed by atoms with Crippen molar-refractivity contribution in [2.75, 3.05) is 13.2 Å². The zero-order valence-electron chi connectivity index (χ0n) is 13.2. The summed E-state index contributed by atoms with van der Waals surface area (Å²) in [5.74, 6) is -0.537. The third kappa shape index (κ3) is 6.05. The molecule has 0 aromatic heterocycles. The summed E-state index contributed by atoms with van der Waals surface area (Å²) >= 11 is 0. The lowest BCUT2D eigenvalue weighted by Gasteiger charge is -2.18. The number of alkyl halides is 4. The Morgan fingerprint density at radius 3 is 2.17 bits per heavy atom. The molecular weight excluding hydrogens is 330 g/mol. The zero-order chi connectivity index (χ0) is 18.3. The van der Waals surface area contributed by atoms with Crippen molar-refractivity contribution in [1.82, 2.24) is 16.0 Å². The van der Waals surface area contributed by atoms with Crippen LogP contribution < -0.4 is 16.0 Å². The molecule has 0 saturated heterocycles. The van der Waals surface area contributed by atoms with Crippen LogP contribution in [0.3, 0.4) is 0 Å². The lowest BCUT2D eigenvalue weighted by molar-refractivity contribution is -0.137. The monoisotopic (exact) mass is 349 g/mol. The van der Waals surface area contributed by atoms with Gasteiger partial charge in [-0.25, -0.2) is 9.18 Å². The van der Waals surface area contributed by atoms with Gasteiger partial charge in [-0.1, -0.05) is 12.1 Å². The fraction of sp³-hybridized carbons (Fsp3) is 0.467. The molecule has 24 heavy (non-hydrogen) atoms. The maximum absolute atomic E-state index is 12.5. The van der Waals surface area contributed by atoms with Crippen molar-refractivity contribution in [2.24, 2.45) is 0 Å². The minimum Gasteiger partial charge on any atom is -0.352 e. The van der Waals surface area contributed by atoms with Crippen LogP contribution in [0.15, 0.2) is 24.3 Å². The van der Waals surface area contributed by atoms with Gasteiger partial charge in [0.25, 0.3) is 0 Å². The second-order valence-corrected chi connectivity index (χ2v) is 5.16. The van der Waals surface area contributed by atoms with Crippen molar-refractivity contribution in [3.63, 3.8) is 0 Å². The van der Waals surface area contributed by atoms with Gasteiger partial charge in [0.2, 0.25) is 5.91 Å². The minimum absolute atomic E-state index is 0.144. The van der Waals surface area contributed by atoms with Crippen LogP contribution >= 0.6 is 0 Å². The molecule has 0 heterocycles. The molecule has 0 aliphatic rings. The molecule has 5 nitrogen and oxygen atoms in total. The maximum atomic E-state index is 12.5. The van der Waals surface area contributed by atoms with Crippen molar-refractivity contribution in [2.45, 2.75) is 32.1 Å². The van der Waals surface area contributed by atoms with E-state index >= 15 is 0 Å². The van der Waals surface area contributed by atoms with E-state index in [0.717, 1.165) is 12.1 Å². The number of hydrogen-bond donors (Lipinski definition) is 3. The molecule has 3 amide bonds. The molecule has 0 spiro atoms. The van der Waals surface area contributed by atoms with Gasteiger partial charge < -0.3 is 16.0 Å². The van der Waals surface area contributed by atoms with Crippen LogP contribution in [0, 0.1) is 0 Å². The molecule has 2 atom stereocenters. The largest absolute Gasteiger partial charge is 0.416 e. The van der Waals surface area contributed by atoms with E-state index in [9.17, 15) is 27.2 Å². The lowest BCUT2D eigenvalue weighted by Crippen LogP contribution is -2.49. The van der Waals surface area contributed by atoms with Gasteiger partial charge in [0.1, 0.15) is 12.7 Å². The van der Waals surface area contributed by atoms with E-state index in [0.29, 0.717) is 5.56 Å². The summed E-state index contributed by atoms with van der Waals surface area (Å²) < 4.78 is 49.4. The number of amides is 3. The number of benzene rings is 1. The maximum Gasteiger partial charge on any atom is 0.416 e. The summed E-state index contributed by atoms with van der Waals surface area (Å²) in [7, 11) is 0. The topological polar surface area (TPSA) is 70.2 Å². The van der Waals surface area contributed by atoms with E-state index in [1.807, 2.05) is 0 Å². The summed E-state index contributed by atoms with van der Waals surface area (Å²) in [5.41, 5.74) is -0.297. The van der Waals surface area contributed by atoms with Crippen molar-refractivity contribution in [1.29, 1.82) is 0 Å². The molecule has 1 aromatic rings. The van der Waals surface area contributed by atoms with Gasteiger partial charge in [-0.15, -0.1) is 0 Å². The van der Waals surface area contributed by atoms with Crippen LogP contribution in [0.5, 0.6) is 0 Å². The first kappa shape index (κ1) is 19.7. The van der Waals surface area contributed by atoms with E-state index < -0.39 is 42.4 Å². The molecule has 0 bridgehead atoms. The predicted molar refractivity (Wildman–Crippen MR) is 80.0 cm³/mol. The smallest absolute Gasteiger partial charge is 0.352 e. The van der Waals surface area contributed by atoms with Crippen LogP contribution in [-0.4, -0.2) is 31.2 Å². The molecule has 0 aliphatic carbocycles. The summed E-state index contributed by atoms with van der Waals surface area (Å²) in [4.78, 5) is 23.3. The van der Waals surface area contributed by atoms with Gasteiger partial charge in [-0.05, 0) is 31.5 Å². The molecular formula is C15H19F4N3O2. The fourth-order valence-electron chi connectivity index (χ4n) is 1.87. The van der Waals surface area contributed by atoms with E-state index in [2.05, 4.69) is 16.0 Å². The van der Waals surface area contributed by atoms with Crippen LogP contribution in [-0.2, 0) is 11.0 Å². The second-order valence-electron chi connectivity index (χ2n) is 5.16. The molecule has 0 saturated carbocycles. The van der Waals surface area contributed by atoms with Gasteiger partial charge >= 0.3 is 12.2 Å². The van der Waals surface area contributed by atoms with Crippen LogP contribution in [0.4, 0.5) is 22.4 Å². The van der Waals surface area contributed by atoms with E-state index in [4.69, 9.17) is 0 Å². The average Bonchev–Trinajstić information content (AvgIpc) is 2.51. The normalized spacial score (nSPS) is 13.8. The molecule has 3 N–H and O–H groups in total. The van der Waals surface area contributed by atoms with Crippen molar-refractivity contribution in [3.8, 4) is 0 Å². The Morgan fingerprint density at radius 2 is 1.67 bits per heavy atom. The molecule has 0 aliphatic heterocycles. The lowest BCUT2D eigenvalue weighted by atomic mass is 10.1. The standard InChI is InChI=1S/C15H19F4N3O2/c1-9(11-3-5-12(6-4-11)15(17,18)19)21-14(24)22-10(2)13(23)20-8-7-16/h3-6,9-10H,7-8H2,1-2H3,(H,20,23)(H2,21,22,24)/t9-,10+/m1/s1. The van der Waals surface area contributed by atoms with Gasteiger partial charge in [0, 0.05) is 6.54 Å². The Bertz CT molecular complexity index is 561. The van der Waals surface area contributed by atoms with Crippen LogP contribution in [0.2, 0.25) is 0 Å². The third-order valence-electron chi connectivity index (χ3n) is 3.22. The first-order chi connectivity index (χ1) is 11.1. The van der Waals surface area contributed by atoms with Crippen LogP contribution in [0.1, 0.15) is 31.0 Å². The molecule has 9 heteroatoms. The Balaban J connectivity index is 2.56. The van der Waals surface area contributed by atoms with Gasteiger partial charge in [0.05, 0.1) is 11.6 Å². The first-order valence-electron chi connectivity index (χ1n) is 7.23. The Hall–Kier alpha value is -2.32. The molecule has 1 rings (SSSR count). The third-order valence-corrected chi connectivity index (χ3v) is 3.22. The highest BCUT2D eigenvalue weighted by Crippen LogP contribution is 2.29. The van der Waals surface area contributed by atoms with E-state index in [-0.39, 0.29) is 6.54 Å². The number of rotatable bonds is 6. The van der Waals surface area contributed by atoms with Gasteiger partial charge in [-0.3, -0.25) is 4.79 Å². The number of nitrogens with one attached hydrogen (secondary N) is 3. The highest BCUT2D eigenvalue weighted by Gasteiger charge is 2.30. The van der Waals surface area contributed by atoms with Crippen LogP contribution in [0.25, 0.3) is 0 Å². The number of carbonyl (C=O) groups is 2. The fourth-order valence-corrected chi connectivity index (χ4v) is 1.87. The molecule has 0 radical (unpaired) electrons. The number of hydrogen-bond acceptors (Lipinski definition) is 2. The van der Waals surface area contributed by atoms with Crippen molar-refractivity contribution >= 4 is 11.9 Å². The Labute approximate surface area is 136 Å². The summed E-state index contributed by atoms with van der Waals surface area (Å²) in [6, 6.07) is 2.29. The Morgan fingerprint density at radius 1 is 1.08 bits per heavy atom. The zero-order valence-corrected chi connectivity index (χ0v) is 13.2. The van der Waals surface area contributed by atoms with E-state index in [1.165, 1.54) is 19.1 Å².